The van der Waals surface area contributed by atoms with Crippen molar-refractivity contribution in [3.63, 3.8) is 0 Å². The number of nitrogens with one attached hydrogen (secondary N) is 1. The molecule has 1 atom stereocenters. The molecule has 1 aromatic rings. The highest BCUT2D eigenvalue weighted by Crippen LogP contribution is 2.20. The molecule has 0 aromatic carbocycles. The van der Waals surface area contributed by atoms with Crippen LogP contribution in [0.4, 0.5) is 0 Å². The van der Waals surface area contributed by atoms with E-state index in [-0.39, 0.29) is 21.5 Å². The van der Waals surface area contributed by atoms with Gasteiger partial charge in [-0.2, -0.15) is 0 Å². The van der Waals surface area contributed by atoms with Crippen LogP contribution >= 0.6 is 27.5 Å². The summed E-state index contributed by atoms with van der Waals surface area (Å²) in [7, 11) is 0. The van der Waals surface area contributed by atoms with Gasteiger partial charge in [-0.1, -0.05) is 22.9 Å². The lowest BCUT2D eigenvalue weighted by molar-refractivity contribution is 0.0913. The van der Waals surface area contributed by atoms with Crippen LogP contribution in [0.15, 0.2) is 16.7 Å². The maximum Gasteiger partial charge on any atom is 0.256 e. The van der Waals surface area contributed by atoms with Crippen LogP contribution in [0.2, 0.25) is 5.22 Å². The molecular weight excluding hydrogens is 281 g/mol. The minimum absolute atomic E-state index is 0.116. The molecule has 15 heavy (non-hydrogen) atoms. The number of carbonyl (C=O) groups excluding carboxylic acids is 1. The third kappa shape index (κ3) is 2.98. The lowest BCUT2D eigenvalue weighted by atomic mass is 10.0. The second-order valence-corrected chi connectivity index (χ2v) is 5.62. The van der Waals surface area contributed by atoms with Crippen LogP contribution < -0.4 is 5.32 Å². The first-order chi connectivity index (χ1) is 6.84. The first-order valence-electron chi connectivity index (χ1n) is 4.54. The van der Waals surface area contributed by atoms with E-state index in [0.29, 0.717) is 5.56 Å². The minimum Gasteiger partial charge on any atom is -0.452 e. The van der Waals surface area contributed by atoms with Crippen molar-refractivity contribution in [1.82, 2.24) is 5.32 Å². The van der Waals surface area contributed by atoms with Crippen molar-refractivity contribution in [1.29, 1.82) is 0 Å². The molecule has 0 fully saturated rings. The van der Waals surface area contributed by atoms with Gasteiger partial charge in [-0.3, -0.25) is 4.79 Å². The van der Waals surface area contributed by atoms with Gasteiger partial charge >= 0.3 is 0 Å². The quantitative estimate of drug-likeness (QED) is 0.870. The Morgan fingerprint density at radius 3 is 2.67 bits per heavy atom. The van der Waals surface area contributed by atoms with E-state index in [1.165, 1.54) is 6.26 Å². The van der Waals surface area contributed by atoms with Crippen molar-refractivity contribution < 1.29 is 9.21 Å². The second kappa shape index (κ2) is 4.58. The molecule has 0 spiro atoms. The van der Waals surface area contributed by atoms with Crippen LogP contribution in [0.5, 0.6) is 0 Å². The molecule has 0 aliphatic heterocycles. The molecule has 0 radical (unpaired) electrons. The molecule has 1 unspecified atom stereocenters. The Kier molecular flexibility index (Phi) is 3.84. The molecule has 84 valence electrons. The maximum absolute atomic E-state index is 11.8. The van der Waals surface area contributed by atoms with E-state index < -0.39 is 0 Å². The van der Waals surface area contributed by atoms with Crippen molar-refractivity contribution in [2.75, 3.05) is 0 Å². The Morgan fingerprint density at radius 1 is 1.67 bits per heavy atom. The van der Waals surface area contributed by atoms with Crippen LogP contribution in [0.25, 0.3) is 0 Å². The highest BCUT2D eigenvalue weighted by molar-refractivity contribution is 9.09. The van der Waals surface area contributed by atoms with Crippen LogP contribution in [0, 0.1) is 0 Å². The highest BCUT2D eigenvalue weighted by Gasteiger charge is 2.27. The van der Waals surface area contributed by atoms with Crippen molar-refractivity contribution in [3.05, 3.63) is 23.1 Å². The lowest BCUT2D eigenvalue weighted by Crippen LogP contribution is -2.48. The van der Waals surface area contributed by atoms with Gasteiger partial charge in [-0.15, -0.1) is 0 Å². The van der Waals surface area contributed by atoms with Crippen molar-refractivity contribution >= 4 is 33.4 Å². The molecule has 5 heteroatoms. The zero-order valence-electron chi connectivity index (χ0n) is 8.80. The molecule has 1 aromatic heterocycles. The molecule has 0 bridgehead atoms. The Hall–Kier alpha value is -0.480. The molecule has 0 saturated heterocycles. The molecule has 0 aliphatic rings. The average Bonchev–Trinajstić information content (AvgIpc) is 2.50. The smallest absolute Gasteiger partial charge is 0.256 e. The van der Waals surface area contributed by atoms with E-state index in [0.717, 1.165) is 0 Å². The molecule has 1 heterocycles. The summed E-state index contributed by atoms with van der Waals surface area (Å²) in [5.41, 5.74) is 0.00964. The number of furan rings is 1. The fraction of sp³-hybridized carbons (Fsp3) is 0.500. The van der Waals surface area contributed by atoms with Gasteiger partial charge in [-0.25, -0.2) is 0 Å². The first kappa shape index (κ1) is 12.6. The normalized spacial score (nSPS) is 13.7. The number of alkyl halides is 1. The monoisotopic (exact) mass is 293 g/mol. The summed E-state index contributed by atoms with van der Waals surface area (Å²) >= 11 is 9.14. The van der Waals surface area contributed by atoms with Crippen LogP contribution in [-0.4, -0.2) is 16.3 Å². The predicted octanol–water partition coefficient (Wildman–Crippen LogP) is 3.22. The molecule has 1 N–H and O–H groups in total. The van der Waals surface area contributed by atoms with Gasteiger partial charge in [0, 0.05) is 10.4 Å². The van der Waals surface area contributed by atoms with Crippen molar-refractivity contribution in [2.45, 2.75) is 31.1 Å². The van der Waals surface area contributed by atoms with Crippen molar-refractivity contribution in [2.24, 2.45) is 0 Å². The van der Waals surface area contributed by atoms with E-state index in [9.17, 15) is 4.79 Å². The topological polar surface area (TPSA) is 42.2 Å². The summed E-state index contributed by atoms with van der Waals surface area (Å²) in [4.78, 5) is 11.9. The van der Waals surface area contributed by atoms with Gasteiger partial charge in [0.05, 0.1) is 11.8 Å². The van der Waals surface area contributed by atoms with Crippen molar-refractivity contribution in [3.8, 4) is 0 Å². The van der Waals surface area contributed by atoms with Gasteiger partial charge < -0.3 is 9.73 Å². The number of amides is 1. The predicted molar refractivity (Wildman–Crippen MR) is 63.7 cm³/mol. The number of carbonyl (C=O) groups is 1. The Morgan fingerprint density at radius 2 is 2.27 bits per heavy atom. The lowest BCUT2D eigenvalue weighted by Gasteiger charge is -2.29. The van der Waals surface area contributed by atoms with E-state index in [1.807, 2.05) is 20.8 Å². The maximum atomic E-state index is 11.8. The fourth-order valence-electron chi connectivity index (χ4n) is 0.915. The minimum atomic E-state index is -0.350. The number of hydrogen-bond acceptors (Lipinski definition) is 2. The molecule has 1 rings (SSSR count). The van der Waals surface area contributed by atoms with Crippen LogP contribution in [0.3, 0.4) is 0 Å². The summed E-state index contributed by atoms with van der Waals surface area (Å²) in [5, 5.41) is 2.98. The van der Waals surface area contributed by atoms with Crippen LogP contribution in [-0.2, 0) is 0 Å². The summed E-state index contributed by atoms with van der Waals surface area (Å²) < 4.78 is 4.85. The van der Waals surface area contributed by atoms with Gasteiger partial charge in [0.2, 0.25) is 5.22 Å². The first-order valence-corrected chi connectivity index (χ1v) is 5.83. The van der Waals surface area contributed by atoms with E-state index in [4.69, 9.17) is 16.0 Å². The van der Waals surface area contributed by atoms with E-state index >= 15 is 0 Å². The SMILES string of the molecule is CC(Br)C(C)(C)NC(=O)c1ccoc1Cl. The molecule has 3 nitrogen and oxygen atoms in total. The standard InChI is InChI=1S/C10H13BrClNO2/c1-6(11)10(2,3)13-9(14)7-4-5-15-8(7)12/h4-6H,1-3H3,(H,13,14). The van der Waals surface area contributed by atoms with Gasteiger partial charge in [0.15, 0.2) is 0 Å². The highest BCUT2D eigenvalue weighted by atomic mass is 79.9. The largest absolute Gasteiger partial charge is 0.452 e. The molecule has 0 saturated carbocycles. The summed E-state index contributed by atoms with van der Waals surface area (Å²) in [6.45, 7) is 5.83. The Labute approximate surface area is 102 Å². The number of hydrogen-bond donors (Lipinski definition) is 1. The van der Waals surface area contributed by atoms with Gasteiger partial charge in [0.25, 0.3) is 5.91 Å². The third-order valence-corrected chi connectivity index (χ3v) is 3.73. The average molecular weight is 295 g/mol. The number of rotatable bonds is 3. The zero-order chi connectivity index (χ0) is 11.6. The number of halogens is 2. The van der Waals surface area contributed by atoms with Gasteiger partial charge in [-0.05, 0) is 31.5 Å². The third-order valence-electron chi connectivity index (χ3n) is 2.29. The Balaban J connectivity index is 2.77. The van der Waals surface area contributed by atoms with Crippen LogP contribution in [0.1, 0.15) is 31.1 Å². The molecular formula is C10H13BrClNO2. The second-order valence-electron chi connectivity index (χ2n) is 3.90. The summed E-state index contributed by atoms with van der Waals surface area (Å²) in [6.07, 6.45) is 1.39. The van der Waals surface area contributed by atoms with Gasteiger partial charge in [0.1, 0.15) is 0 Å². The Bertz CT molecular complexity index is 360. The van der Waals surface area contributed by atoms with E-state index in [1.54, 1.807) is 6.07 Å². The van der Waals surface area contributed by atoms with E-state index in [2.05, 4.69) is 21.2 Å². The fourth-order valence-corrected chi connectivity index (χ4v) is 1.23. The summed E-state index contributed by atoms with van der Waals surface area (Å²) in [5.74, 6) is -0.231. The summed E-state index contributed by atoms with van der Waals surface area (Å²) in [6, 6.07) is 1.55. The zero-order valence-corrected chi connectivity index (χ0v) is 11.1. The molecule has 1 amide bonds. The molecule has 0 aliphatic carbocycles.